The second kappa shape index (κ2) is 5.54. The second-order valence-corrected chi connectivity index (χ2v) is 5.81. The Morgan fingerprint density at radius 2 is 2.06 bits per heavy atom. The average molecular weight is 326 g/mol. The highest BCUT2D eigenvalue weighted by molar-refractivity contribution is 9.10. The Morgan fingerprint density at radius 1 is 1.39 bits per heavy atom. The lowest BCUT2D eigenvalue weighted by Crippen LogP contribution is -2.19. The summed E-state index contributed by atoms with van der Waals surface area (Å²) in [6, 6.07) is 8.77. The first-order valence-electron chi connectivity index (χ1n) is 5.36. The van der Waals surface area contributed by atoms with Gasteiger partial charge in [0.25, 0.3) is 0 Å². The van der Waals surface area contributed by atoms with Crippen LogP contribution >= 0.6 is 27.3 Å². The summed E-state index contributed by atoms with van der Waals surface area (Å²) in [6.45, 7) is 1.99. The molecule has 0 radical (unpaired) electrons. The highest BCUT2D eigenvalue weighted by Gasteiger charge is 2.21. The maximum atomic E-state index is 11.3. The summed E-state index contributed by atoms with van der Waals surface area (Å²) in [7, 11) is 0. The van der Waals surface area contributed by atoms with Crippen molar-refractivity contribution in [3.8, 4) is 0 Å². The summed E-state index contributed by atoms with van der Waals surface area (Å²) >= 11 is 4.75. The normalized spacial score (nSPS) is 12.1. The van der Waals surface area contributed by atoms with Crippen LogP contribution in [0, 0.1) is 6.92 Å². The molecule has 0 bridgehead atoms. The number of hydrogen-bond acceptors (Lipinski definition) is 3. The Hall–Kier alpha value is -1.33. The van der Waals surface area contributed by atoms with Crippen LogP contribution in [0.1, 0.15) is 16.5 Å². The molecular weight excluding hydrogens is 314 g/mol. The number of benzene rings is 1. The lowest BCUT2D eigenvalue weighted by molar-refractivity contribution is -0.138. The molecule has 2 N–H and O–H groups in total. The molecule has 0 fully saturated rings. The van der Waals surface area contributed by atoms with Crippen LogP contribution in [0.5, 0.6) is 0 Å². The van der Waals surface area contributed by atoms with E-state index < -0.39 is 12.0 Å². The van der Waals surface area contributed by atoms with Crippen molar-refractivity contribution in [1.82, 2.24) is 0 Å². The van der Waals surface area contributed by atoms with Crippen LogP contribution in [-0.2, 0) is 4.79 Å². The highest BCUT2D eigenvalue weighted by Crippen LogP contribution is 2.28. The fourth-order valence-electron chi connectivity index (χ4n) is 1.55. The van der Waals surface area contributed by atoms with Crippen LogP contribution in [-0.4, -0.2) is 11.1 Å². The van der Waals surface area contributed by atoms with Crippen molar-refractivity contribution in [2.24, 2.45) is 0 Å². The number of carboxylic acids is 1. The molecule has 1 unspecified atom stereocenters. The molecule has 0 saturated heterocycles. The van der Waals surface area contributed by atoms with Crippen LogP contribution < -0.4 is 5.32 Å². The Morgan fingerprint density at radius 3 is 2.56 bits per heavy atom. The number of anilines is 1. The first kappa shape index (κ1) is 13.1. The molecule has 1 aromatic carbocycles. The van der Waals surface area contributed by atoms with Crippen molar-refractivity contribution in [2.75, 3.05) is 5.32 Å². The summed E-state index contributed by atoms with van der Waals surface area (Å²) in [5.41, 5.74) is 1.95. The van der Waals surface area contributed by atoms with Crippen molar-refractivity contribution in [1.29, 1.82) is 0 Å². The van der Waals surface area contributed by atoms with E-state index in [0.29, 0.717) is 0 Å². The van der Waals surface area contributed by atoms with Gasteiger partial charge in [0.15, 0.2) is 6.04 Å². The Kier molecular flexibility index (Phi) is 4.04. The molecule has 0 spiro atoms. The third kappa shape index (κ3) is 3.11. The van der Waals surface area contributed by atoms with E-state index in [-0.39, 0.29) is 0 Å². The minimum Gasteiger partial charge on any atom is -0.479 e. The fourth-order valence-corrected chi connectivity index (χ4v) is 3.04. The van der Waals surface area contributed by atoms with E-state index in [1.54, 1.807) is 0 Å². The topological polar surface area (TPSA) is 49.3 Å². The third-order valence-electron chi connectivity index (χ3n) is 2.48. The molecule has 1 aromatic heterocycles. The summed E-state index contributed by atoms with van der Waals surface area (Å²) in [6.07, 6.45) is 0. The molecule has 2 aromatic rings. The Labute approximate surface area is 118 Å². The van der Waals surface area contributed by atoms with Crippen molar-refractivity contribution < 1.29 is 9.90 Å². The molecule has 5 heteroatoms. The van der Waals surface area contributed by atoms with Gasteiger partial charge in [-0.25, -0.2) is 4.79 Å². The quantitative estimate of drug-likeness (QED) is 0.891. The molecule has 0 aliphatic rings. The maximum absolute atomic E-state index is 11.3. The van der Waals surface area contributed by atoms with Gasteiger partial charge >= 0.3 is 5.97 Å². The van der Waals surface area contributed by atoms with Gasteiger partial charge in [-0.05, 0) is 41.1 Å². The molecule has 2 rings (SSSR count). The van der Waals surface area contributed by atoms with Crippen molar-refractivity contribution in [3.05, 3.63) is 50.6 Å². The van der Waals surface area contributed by atoms with Crippen LogP contribution in [0.3, 0.4) is 0 Å². The molecule has 0 amide bonds. The highest BCUT2D eigenvalue weighted by atomic mass is 79.9. The molecule has 0 aliphatic carbocycles. The van der Waals surface area contributed by atoms with E-state index in [9.17, 15) is 9.90 Å². The van der Waals surface area contributed by atoms with Gasteiger partial charge in [0, 0.05) is 20.4 Å². The second-order valence-electron chi connectivity index (χ2n) is 3.95. The monoisotopic (exact) mass is 325 g/mol. The number of carbonyl (C=O) groups is 1. The molecule has 0 saturated carbocycles. The first-order valence-corrected chi connectivity index (χ1v) is 7.03. The number of aliphatic carboxylic acids is 1. The van der Waals surface area contributed by atoms with Crippen molar-refractivity contribution >= 4 is 38.9 Å². The van der Waals surface area contributed by atoms with E-state index >= 15 is 0 Å². The van der Waals surface area contributed by atoms with E-state index in [4.69, 9.17) is 0 Å². The molecule has 0 aliphatic heterocycles. The van der Waals surface area contributed by atoms with Crippen LogP contribution in [0.25, 0.3) is 0 Å². The Balaban J connectivity index is 2.22. The summed E-state index contributed by atoms with van der Waals surface area (Å²) in [4.78, 5) is 12.1. The summed E-state index contributed by atoms with van der Waals surface area (Å²) < 4.78 is 0.902. The minimum absolute atomic E-state index is 0.719. The van der Waals surface area contributed by atoms with Gasteiger partial charge in [-0.3, -0.25) is 0 Å². The van der Waals surface area contributed by atoms with Gasteiger partial charge in [0.2, 0.25) is 0 Å². The summed E-state index contributed by atoms with van der Waals surface area (Å²) in [5.74, 6) is -0.884. The van der Waals surface area contributed by atoms with Gasteiger partial charge in [-0.1, -0.05) is 17.7 Å². The molecule has 94 valence electrons. The number of halogens is 1. The lowest BCUT2D eigenvalue weighted by atomic mass is 10.2. The number of carboxylic acid groups (broad SMARTS) is 1. The van der Waals surface area contributed by atoms with Gasteiger partial charge in [-0.2, -0.15) is 0 Å². The zero-order valence-corrected chi connectivity index (χ0v) is 12.1. The predicted molar refractivity (Wildman–Crippen MR) is 77.2 cm³/mol. The third-order valence-corrected chi connectivity index (χ3v) is 4.24. The predicted octanol–water partition coefficient (Wildman–Crippen LogP) is 4.06. The molecule has 1 atom stereocenters. The van der Waals surface area contributed by atoms with E-state index in [2.05, 4.69) is 21.2 Å². The van der Waals surface area contributed by atoms with Crippen LogP contribution in [0.2, 0.25) is 0 Å². The van der Waals surface area contributed by atoms with Crippen LogP contribution in [0.4, 0.5) is 5.69 Å². The first-order chi connectivity index (χ1) is 8.56. The number of rotatable bonds is 4. The van der Waals surface area contributed by atoms with Gasteiger partial charge in [0.05, 0.1) is 0 Å². The largest absolute Gasteiger partial charge is 0.479 e. The zero-order valence-electron chi connectivity index (χ0n) is 9.68. The van der Waals surface area contributed by atoms with Crippen molar-refractivity contribution in [2.45, 2.75) is 13.0 Å². The SMILES string of the molecule is Cc1ccc(NC(C(=O)O)c2cc(Br)cs2)cc1. The van der Waals surface area contributed by atoms with E-state index in [1.165, 1.54) is 11.3 Å². The maximum Gasteiger partial charge on any atom is 0.331 e. The minimum atomic E-state index is -0.884. The molecule has 18 heavy (non-hydrogen) atoms. The van der Waals surface area contributed by atoms with E-state index in [1.807, 2.05) is 42.6 Å². The smallest absolute Gasteiger partial charge is 0.331 e. The van der Waals surface area contributed by atoms with Gasteiger partial charge in [-0.15, -0.1) is 11.3 Å². The van der Waals surface area contributed by atoms with Gasteiger partial charge < -0.3 is 10.4 Å². The lowest BCUT2D eigenvalue weighted by Gasteiger charge is -2.14. The van der Waals surface area contributed by atoms with E-state index in [0.717, 1.165) is 20.6 Å². The number of thiophene rings is 1. The van der Waals surface area contributed by atoms with Gasteiger partial charge in [0.1, 0.15) is 0 Å². The van der Waals surface area contributed by atoms with Crippen molar-refractivity contribution in [3.63, 3.8) is 0 Å². The molecular formula is C13H12BrNO2S. The van der Waals surface area contributed by atoms with Crippen LogP contribution in [0.15, 0.2) is 40.2 Å². The number of nitrogens with one attached hydrogen (secondary N) is 1. The molecule has 1 heterocycles. The number of hydrogen-bond donors (Lipinski definition) is 2. The summed E-state index contributed by atoms with van der Waals surface area (Å²) in [5, 5.41) is 14.2. The zero-order chi connectivity index (χ0) is 13.1. The molecule has 3 nitrogen and oxygen atoms in total. The number of aryl methyl sites for hydroxylation is 1. The fraction of sp³-hybridized carbons (Fsp3) is 0.154. The standard InChI is InChI=1S/C13H12BrNO2S/c1-8-2-4-10(5-3-8)15-12(13(16)17)11-6-9(14)7-18-11/h2-7,12,15H,1H3,(H,16,17). The Bertz CT molecular complexity index is 550. The average Bonchev–Trinajstić information content (AvgIpc) is 2.74.